The number of hydrogen-bond donors (Lipinski definition) is 3. The van der Waals surface area contributed by atoms with Crippen molar-refractivity contribution < 1.29 is 35.9 Å². The van der Waals surface area contributed by atoms with Gasteiger partial charge in [0.1, 0.15) is 11.9 Å². The van der Waals surface area contributed by atoms with Crippen LogP contribution in [0.1, 0.15) is 37.3 Å². The average molecular weight is 585 g/mol. The Balaban J connectivity index is 1.66. The van der Waals surface area contributed by atoms with Gasteiger partial charge in [0.25, 0.3) is 0 Å². The van der Waals surface area contributed by atoms with E-state index in [-0.39, 0.29) is 31.3 Å². The third-order valence-corrected chi connectivity index (χ3v) is 6.71. The molecule has 1 aliphatic rings. The van der Waals surface area contributed by atoms with E-state index in [0.717, 1.165) is 30.8 Å². The molecule has 14 heteroatoms. The number of nitrogens with one attached hydrogen (secondary N) is 3. The molecule has 0 radical (unpaired) electrons. The summed E-state index contributed by atoms with van der Waals surface area (Å²) >= 11 is 0. The number of amides is 2. The molecule has 1 atom stereocenters. The predicted octanol–water partition coefficient (Wildman–Crippen LogP) is 5.43. The summed E-state index contributed by atoms with van der Waals surface area (Å²) in [5.41, 5.74) is 1.18. The van der Waals surface area contributed by atoms with E-state index in [4.69, 9.17) is 0 Å². The highest BCUT2D eigenvalue weighted by molar-refractivity contribution is 6.02. The molecule has 0 bridgehead atoms. The molecule has 0 saturated heterocycles. The molecule has 0 saturated carbocycles. The molecule has 0 spiro atoms. The summed E-state index contributed by atoms with van der Waals surface area (Å²) in [6, 6.07) is 7.48. The minimum Gasteiger partial charge on any atom is -0.385 e. The van der Waals surface area contributed by atoms with Crippen LogP contribution < -0.4 is 16.0 Å². The lowest BCUT2D eigenvalue weighted by Gasteiger charge is -2.18. The Morgan fingerprint density at radius 3 is 2.46 bits per heavy atom. The van der Waals surface area contributed by atoms with Gasteiger partial charge >= 0.3 is 18.3 Å². The molecule has 1 aromatic heterocycles. The molecule has 8 nitrogen and oxygen atoms in total. The highest BCUT2D eigenvalue weighted by atomic mass is 19.4. The van der Waals surface area contributed by atoms with Crippen molar-refractivity contribution in [3.05, 3.63) is 42.0 Å². The van der Waals surface area contributed by atoms with Gasteiger partial charge in [0.15, 0.2) is 0 Å². The smallest absolute Gasteiger partial charge is 0.385 e. The fourth-order valence-electron chi connectivity index (χ4n) is 4.72. The quantitative estimate of drug-likeness (QED) is 0.219. The van der Waals surface area contributed by atoms with Gasteiger partial charge in [0, 0.05) is 24.3 Å². The van der Waals surface area contributed by atoms with Crippen LogP contribution in [0.2, 0.25) is 0 Å². The predicted molar refractivity (Wildman–Crippen MR) is 142 cm³/mol. The molecule has 1 unspecified atom stereocenters. The van der Waals surface area contributed by atoms with Crippen LogP contribution in [-0.2, 0) is 15.8 Å². The Bertz CT molecular complexity index is 1420. The molecular formula is C27H30F6N6O2. The van der Waals surface area contributed by atoms with Gasteiger partial charge in [-0.25, -0.2) is 4.98 Å². The van der Waals surface area contributed by atoms with Gasteiger partial charge in [-0.2, -0.15) is 26.3 Å². The lowest BCUT2D eigenvalue weighted by molar-refractivity contribution is -0.173. The van der Waals surface area contributed by atoms with E-state index >= 15 is 0 Å². The van der Waals surface area contributed by atoms with Gasteiger partial charge in [-0.1, -0.05) is 0 Å². The number of carbonyl (C=O) groups excluding carboxylic acids is 2. The number of unbranched alkanes of at least 4 members (excludes halogenated alkanes) is 1. The largest absolute Gasteiger partial charge is 0.471 e. The molecule has 0 aliphatic carbocycles. The van der Waals surface area contributed by atoms with E-state index in [1.807, 2.05) is 14.1 Å². The summed E-state index contributed by atoms with van der Waals surface area (Å²) in [5, 5.41) is 7.97. The third kappa shape index (κ3) is 7.10. The van der Waals surface area contributed by atoms with E-state index in [9.17, 15) is 35.9 Å². The van der Waals surface area contributed by atoms with Crippen LogP contribution in [0.4, 0.5) is 37.7 Å². The molecule has 2 amide bonds. The van der Waals surface area contributed by atoms with Crippen molar-refractivity contribution in [3.63, 3.8) is 0 Å². The summed E-state index contributed by atoms with van der Waals surface area (Å²) < 4.78 is 79.3. The fraction of sp³-hybridized carbons (Fsp3) is 0.444. The topological polar surface area (TPSA) is 91.3 Å². The summed E-state index contributed by atoms with van der Waals surface area (Å²) in [5.74, 6) is -2.19. The summed E-state index contributed by atoms with van der Waals surface area (Å²) in [4.78, 5) is 31.0. The van der Waals surface area contributed by atoms with Crippen molar-refractivity contribution >= 4 is 34.2 Å². The Morgan fingerprint density at radius 1 is 1.02 bits per heavy atom. The number of benzene rings is 2. The minimum atomic E-state index is -4.99. The molecule has 41 heavy (non-hydrogen) atoms. The number of fused-ring (bicyclic) bond motifs is 5. The standard InChI is InChI=1S/C27H30F6N6O2/c1-38(2)13-5-12-34-17-8-9-19-18(15-17)23-36-20-14-16(26(28,29)30)7-10-21(20)39(23)22(24(40)37-19)6-3-4-11-35-25(41)27(31,32)33/h7-10,14-15,22,34H,3-6,11-13H2,1-2H3,(H,35,41)(H,37,40). The van der Waals surface area contributed by atoms with Gasteiger partial charge in [0.2, 0.25) is 5.91 Å². The summed E-state index contributed by atoms with van der Waals surface area (Å²) in [6.07, 6.45) is -8.16. The second kappa shape index (κ2) is 12.0. The van der Waals surface area contributed by atoms with E-state index in [1.165, 1.54) is 6.07 Å². The lowest BCUT2D eigenvalue weighted by Crippen LogP contribution is -2.37. The second-order valence-corrected chi connectivity index (χ2v) is 10.1. The molecule has 1 aliphatic heterocycles. The molecule has 3 N–H and O–H groups in total. The number of anilines is 2. The highest BCUT2D eigenvalue weighted by Gasteiger charge is 2.38. The first-order valence-electron chi connectivity index (χ1n) is 13.0. The van der Waals surface area contributed by atoms with Gasteiger partial charge in [-0.3, -0.25) is 9.59 Å². The number of alkyl halides is 6. The van der Waals surface area contributed by atoms with Gasteiger partial charge < -0.3 is 25.4 Å². The zero-order chi connectivity index (χ0) is 29.9. The van der Waals surface area contributed by atoms with Crippen LogP contribution in [-0.4, -0.2) is 66.2 Å². The van der Waals surface area contributed by atoms with Crippen LogP contribution in [0.15, 0.2) is 36.4 Å². The summed E-state index contributed by atoms with van der Waals surface area (Å²) in [7, 11) is 3.93. The van der Waals surface area contributed by atoms with Crippen LogP contribution in [0.25, 0.3) is 22.4 Å². The number of hydrogen-bond acceptors (Lipinski definition) is 5. The summed E-state index contributed by atoms with van der Waals surface area (Å²) in [6.45, 7) is 1.29. The Morgan fingerprint density at radius 2 is 1.78 bits per heavy atom. The number of halogens is 6. The fourth-order valence-corrected chi connectivity index (χ4v) is 4.72. The van der Waals surface area contributed by atoms with Crippen LogP contribution >= 0.6 is 0 Å². The molecule has 4 rings (SSSR count). The Kier molecular flexibility index (Phi) is 8.80. The van der Waals surface area contributed by atoms with Crippen molar-refractivity contribution in [2.24, 2.45) is 0 Å². The van der Waals surface area contributed by atoms with Crippen molar-refractivity contribution in [2.75, 3.05) is 44.4 Å². The number of imidazole rings is 1. The zero-order valence-corrected chi connectivity index (χ0v) is 22.4. The van der Waals surface area contributed by atoms with E-state index < -0.39 is 35.8 Å². The van der Waals surface area contributed by atoms with Crippen molar-refractivity contribution in [1.82, 2.24) is 19.8 Å². The monoisotopic (exact) mass is 584 g/mol. The maximum Gasteiger partial charge on any atom is 0.471 e. The molecular weight excluding hydrogens is 554 g/mol. The van der Waals surface area contributed by atoms with Crippen LogP contribution in [0, 0.1) is 0 Å². The van der Waals surface area contributed by atoms with Crippen LogP contribution in [0.5, 0.6) is 0 Å². The Hall–Kier alpha value is -3.81. The number of nitrogens with zero attached hydrogens (tertiary/aromatic N) is 3. The Labute approximate surface area is 232 Å². The highest BCUT2D eigenvalue weighted by Crippen LogP contribution is 2.40. The van der Waals surface area contributed by atoms with E-state index in [1.54, 1.807) is 28.1 Å². The van der Waals surface area contributed by atoms with Crippen LogP contribution in [0.3, 0.4) is 0 Å². The molecule has 2 aromatic carbocycles. The van der Waals surface area contributed by atoms with Gasteiger partial charge in [0.05, 0.1) is 22.3 Å². The lowest BCUT2D eigenvalue weighted by atomic mass is 10.1. The van der Waals surface area contributed by atoms with Crippen molar-refractivity contribution in [1.29, 1.82) is 0 Å². The van der Waals surface area contributed by atoms with Gasteiger partial charge in [-0.05, 0) is 82.7 Å². The van der Waals surface area contributed by atoms with E-state index in [2.05, 4.69) is 20.5 Å². The zero-order valence-electron chi connectivity index (χ0n) is 22.4. The first kappa shape index (κ1) is 30.2. The van der Waals surface area contributed by atoms with Crippen molar-refractivity contribution in [3.8, 4) is 11.4 Å². The van der Waals surface area contributed by atoms with E-state index in [0.29, 0.717) is 29.1 Å². The first-order chi connectivity index (χ1) is 19.3. The molecule has 3 aromatic rings. The first-order valence-corrected chi connectivity index (χ1v) is 13.0. The maximum atomic E-state index is 13.5. The SMILES string of the molecule is CN(C)CCCNc1ccc2c(c1)-c1nc3cc(C(F)(F)F)ccc3n1C(CCCCNC(=O)C(F)(F)F)C(=O)N2. The van der Waals surface area contributed by atoms with Crippen molar-refractivity contribution in [2.45, 2.75) is 44.1 Å². The molecule has 0 fully saturated rings. The number of carbonyl (C=O) groups is 2. The minimum absolute atomic E-state index is 0.0576. The number of rotatable bonds is 10. The average Bonchev–Trinajstić information content (AvgIpc) is 3.21. The third-order valence-electron chi connectivity index (χ3n) is 6.71. The normalized spacial score (nSPS) is 15.3. The maximum absolute atomic E-state index is 13.5. The van der Waals surface area contributed by atoms with Gasteiger partial charge in [-0.15, -0.1) is 0 Å². The molecule has 222 valence electrons. The second-order valence-electron chi connectivity index (χ2n) is 10.1. The molecule has 2 heterocycles. The number of aromatic nitrogens is 2.